The van der Waals surface area contributed by atoms with E-state index in [1.807, 2.05) is 11.3 Å². The Morgan fingerprint density at radius 3 is 1.47 bits per heavy atom. The van der Waals surface area contributed by atoms with Gasteiger partial charge >= 0.3 is 0 Å². The van der Waals surface area contributed by atoms with Crippen LogP contribution in [0.3, 0.4) is 0 Å². The Labute approximate surface area is 333 Å². The van der Waals surface area contributed by atoms with Gasteiger partial charge in [-0.1, -0.05) is 140 Å². The van der Waals surface area contributed by atoms with Gasteiger partial charge in [0.05, 0.1) is 27.8 Å². The van der Waals surface area contributed by atoms with Crippen molar-refractivity contribution in [1.82, 2.24) is 9.13 Å². The minimum Gasteiger partial charge on any atom is -0.309 e. The van der Waals surface area contributed by atoms with E-state index in [0.29, 0.717) is 0 Å². The van der Waals surface area contributed by atoms with Crippen LogP contribution in [0.4, 0.5) is 0 Å². The molecule has 2 nitrogen and oxygen atoms in total. The number of rotatable bonds is 5. The molecule has 0 unspecified atom stereocenters. The minimum atomic E-state index is 1.16. The van der Waals surface area contributed by atoms with Crippen LogP contribution in [-0.4, -0.2) is 9.13 Å². The fourth-order valence-electron chi connectivity index (χ4n) is 9.10. The third-order valence-corrected chi connectivity index (χ3v) is 12.8. The molecule has 9 aromatic carbocycles. The molecule has 0 spiro atoms. The number of fused-ring (bicyclic) bond motifs is 9. The van der Waals surface area contributed by atoms with Crippen molar-refractivity contribution >= 4 is 75.1 Å². The van der Waals surface area contributed by atoms with Gasteiger partial charge in [-0.2, -0.15) is 0 Å². The summed E-state index contributed by atoms with van der Waals surface area (Å²) in [5.41, 5.74) is 14.6. The number of para-hydroxylation sites is 2. The number of hydrogen-bond acceptors (Lipinski definition) is 1. The molecule has 0 aliphatic carbocycles. The molecule has 3 heterocycles. The molecule has 0 radical (unpaired) electrons. The highest BCUT2D eigenvalue weighted by Crippen LogP contribution is 2.43. The van der Waals surface area contributed by atoms with Crippen molar-refractivity contribution in [1.29, 1.82) is 0 Å². The van der Waals surface area contributed by atoms with Gasteiger partial charge in [-0.3, -0.25) is 0 Å². The summed E-state index contributed by atoms with van der Waals surface area (Å²) in [6.45, 7) is 0. The predicted octanol–water partition coefficient (Wildman–Crippen LogP) is 15.2. The topological polar surface area (TPSA) is 9.86 Å². The number of hydrogen-bond donors (Lipinski definition) is 0. The van der Waals surface area contributed by atoms with E-state index in [9.17, 15) is 0 Å². The lowest BCUT2D eigenvalue weighted by molar-refractivity contribution is 1.18. The maximum Gasteiger partial charge on any atom is 0.0555 e. The molecule has 12 aromatic rings. The summed E-state index contributed by atoms with van der Waals surface area (Å²) in [4.78, 5) is 0. The average Bonchev–Trinajstić information content (AvgIpc) is 3.94. The van der Waals surface area contributed by atoms with Gasteiger partial charge in [0.15, 0.2) is 0 Å². The molecule has 12 rings (SSSR count). The molecule has 0 N–H and O–H groups in total. The van der Waals surface area contributed by atoms with E-state index in [1.54, 1.807) is 0 Å². The van der Waals surface area contributed by atoms with Crippen molar-refractivity contribution in [3.05, 3.63) is 206 Å². The Morgan fingerprint density at radius 1 is 0.281 bits per heavy atom. The molecular formula is C54H34N2S. The van der Waals surface area contributed by atoms with E-state index in [1.165, 1.54) is 103 Å². The molecule has 0 aliphatic heterocycles. The molecule has 3 aromatic heterocycles. The van der Waals surface area contributed by atoms with Crippen LogP contribution in [-0.2, 0) is 0 Å². The fraction of sp³-hybridized carbons (Fsp3) is 0. The van der Waals surface area contributed by atoms with E-state index >= 15 is 0 Å². The van der Waals surface area contributed by atoms with Crippen LogP contribution in [0.1, 0.15) is 0 Å². The molecule has 266 valence electrons. The Kier molecular flexibility index (Phi) is 7.13. The molecule has 0 saturated carbocycles. The van der Waals surface area contributed by atoms with Gasteiger partial charge in [-0.05, 0) is 100 Å². The van der Waals surface area contributed by atoms with Gasteiger partial charge in [-0.25, -0.2) is 0 Å². The van der Waals surface area contributed by atoms with Gasteiger partial charge in [0.2, 0.25) is 0 Å². The van der Waals surface area contributed by atoms with Gasteiger partial charge < -0.3 is 9.13 Å². The lowest BCUT2D eigenvalue weighted by Gasteiger charge is -2.11. The van der Waals surface area contributed by atoms with Gasteiger partial charge in [-0.15, -0.1) is 11.3 Å². The highest BCUT2D eigenvalue weighted by Gasteiger charge is 2.19. The first-order valence-electron chi connectivity index (χ1n) is 19.5. The van der Waals surface area contributed by atoms with Crippen LogP contribution in [0.5, 0.6) is 0 Å². The van der Waals surface area contributed by atoms with Crippen molar-refractivity contribution in [2.75, 3.05) is 0 Å². The smallest absolute Gasteiger partial charge is 0.0555 e. The standard InChI is InChI=1S/C54H34N2S/c1-3-13-35(14-4-1)37-17-11-18-41(31-37)55-47-21-9-7-19-42(47)45-32-38(26-29-49(45)55)39-27-30-50-46(33-39)43-20-8-10-22-48(43)56(50)51-23-12-24-52-54(51)44-28-25-40(34-53(44)57-52)36-15-5-2-6-16-36/h1-34H. The lowest BCUT2D eigenvalue weighted by atomic mass is 10.0. The number of nitrogens with zero attached hydrogens (tertiary/aromatic N) is 2. The summed E-state index contributed by atoms with van der Waals surface area (Å²) >= 11 is 1.88. The quantitative estimate of drug-likeness (QED) is 0.166. The third kappa shape index (κ3) is 5.03. The normalized spacial score (nSPS) is 11.9. The number of thiophene rings is 1. The summed E-state index contributed by atoms with van der Waals surface area (Å²) in [7, 11) is 0. The number of benzene rings is 9. The Bertz CT molecular complexity index is 3510. The van der Waals surface area contributed by atoms with Crippen molar-refractivity contribution in [2.45, 2.75) is 0 Å². The molecule has 0 amide bonds. The molecule has 57 heavy (non-hydrogen) atoms. The SMILES string of the molecule is c1ccc(-c2cccc(-n3c4ccccc4c4cc(-c5ccc6c(c5)c5ccccc5n6-c5cccc6sc7cc(-c8ccccc8)ccc7c56)ccc43)c2)cc1. The summed E-state index contributed by atoms with van der Waals surface area (Å²) < 4.78 is 7.50. The van der Waals surface area contributed by atoms with Crippen LogP contribution < -0.4 is 0 Å². The molecule has 0 atom stereocenters. The predicted molar refractivity (Wildman–Crippen MR) is 244 cm³/mol. The summed E-state index contributed by atoms with van der Waals surface area (Å²) in [5.74, 6) is 0. The van der Waals surface area contributed by atoms with E-state index in [0.717, 1.165) is 5.69 Å². The largest absolute Gasteiger partial charge is 0.309 e. The summed E-state index contributed by atoms with van der Waals surface area (Å²) in [5, 5.41) is 7.62. The molecule has 0 saturated heterocycles. The molecular weight excluding hydrogens is 709 g/mol. The van der Waals surface area contributed by atoms with E-state index in [2.05, 4.69) is 215 Å². The Hall–Kier alpha value is -7.20. The average molecular weight is 743 g/mol. The monoisotopic (exact) mass is 742 g/mol. The molecule has 0 aliphatic rings. The van der Waals surface area contributed by atoms with E-state index in [4.69, 9.17) is 0 Å². The van der Waals surface area contributed by atoms with Crippen molar-refractivity contribution in [3.63, 3.8) is 0 Å². The van der Waals surface area contributed by atoms with Crippen LogP contribution in [0, 0.1) is 0 Å². The highest BCUT2D eigenvalue weighted by molar-refractivity contribution is 7.26. The Balaban J connectivity index is 1.01. The molecule has 0 fully saturated rings. The lowest BCUT2D eigenvalue weighted by Crippen LogP contribution is -1.94. The second-order valence-corrected chi connectivity index (χ2v) is 16.0. The van der Waals surface area contributed by atoms with Crippen LogP contribution in [0.25, 0.3) is 109 Å². The maximum atomic E-state index is 2.48. The van der Waals surface area contributed by atoms with Crippen LogP contribution in [0.2, 0.25) is 0 Å². The van der Waals surface area contributed by atoms with Crippen LogP contribution in [0.15, 0.2) is 206 Å². The first kappa shape index (κ1) is 32.1. The van der Waals surface area contributed by atoms with Gasteiger partial charge in [0.25, 0.3) is 0 Å². The molecule has 0 bridgehead atoms. The second kappa shape index (κ2) is 12.7. The first-order valence-corrected chi connectivity index (χ1v) is 20.3. The van der Waals surface area contributed by atoms with Crippen molar-refractivity contribution in [2.24, 2.45) is 0 Å². The minimum absolute atomic E-state index is 1.16. The van der Waals surface area contributed by atoms with Gasteiger partial charge in [0.1, 0.15) is 0 Å². The zero-order chi connectivity index (χ0) is 37.5. The van der Waals surface area contributed by atoms with Gasteiger partial charge in [0, 0.05) is 47.4 Å². The van der Waals surface area contributed by atoms with Crippen LogP contribution >= 0.6 is 11.3 Å². The fourth-order valence-corrected chi connectivity index (χ4v) is 10.3. The number of aromatic nitrogens is 2. The zero-order valence-corrected chi connectivity index (χ0v) is 31.7. The van der Waals surface area contributed by atoms with E-state index < -0.39 is 0 Å². The summed E-state index contributed by atoms with van der Waals surface area (Å²) in [6.07, 6.45) is 0. The second-order valence-electron chi connectivity index (χ2n) is 14.9. The van der Waals surface area contributed by atoms with Crippen molar-refractivity contribution in [3.8, 4) is 44.8 Å². The van der Waals surface area contributed by atoms with E-state index in [-0.39, 0.29) is 0 Å². The Morgan fingerprint density at radius 2 is 0.789 bits per heavy atom. The zero-order valence-electron chi connectivity index (χ0n) is 30.9. The highest BCUT2D eigenvalue weighted by atomic mass is 32.1. The first-order chi connectivity index (χ1) is 28.3. The third-order valence-electron chi connectivity index (χ3n) is 11.7. The maximum absolute atomic E-state index is 2.48. The van der Waals surface area contributed by atoms with Crippen molar-refractivity contribution < 1.29 is 0 Å². The molecule has 3 heteroatoms. The summed E-state index contributed by atoms with van der Waals surface area (Å²) in [6, 6.07) is 75.6.